The lowest BCUT2D eigenvalue weighted by Crippen LogP contribution is -2.30. The van der Waals surface area contributed by atoms with Crippen molar-refractivity contribution in [3.05, 3.63) is 35.4 Å². The molecule has 0 amide bonds. The van der Waals surface area contributed by atoms with E-state index in [0.717, 1.165) is 5.56 Å². The van der Waals surface area contributed by atoms with Crippen LogP contribution in [0.25, 0.3) is 0 Å². The number of hydrogen-bond donors (Lipinski definition) is 0. The second-order valence-corrected chi connectivity index (χ2v) is 4.27. The summed E-state index contributed by atoms with van der Waals surface area (Å²) in [5, 5.41) is 6.25. The van der Waals surface area contributed by atoms with Gasteiger partial charge in [-0.25, -0.2) is 0 Å². The van der Waals surface area contributed by atoms with E-state index in [1.54, 1.807) is 12.1 Å². The van der Waals surface area contributed by atoms with E-state index in [9.17, 15) is 18.0 Å². The smallest absolute Gasteiger partial charge is 0.300 e. The quantitative estimate of drug-likeness (QED) is 0.814. The molecule has 2 rings (SSSR count). The lowest BCUT2D eigenvalue weighted by atomic mass is 9.99. The van der Waals surface area contributed by atoms with Gasteiger partial charge in [-0.05, 0) is 18.9 Å². The molecule has 0 aromatic heterocycles. The summed E-state index contributed by atoms with van der Waals surface area (Å²) < 4.78 is 38.1. The van der Waals surface area contributed by atoms with Crippen LogP contribution in [0, 0.1) is 0 Å². The maximum atomic E-state index is 12.7. The van der Waals surface area contributed by atoms with Gasteiger partial charge in [-0.1, -0.05) is 24.3 Å². The van der Waals surface area contributed by atoms with Gasteiger partial charge in [0.05, 0.1) is 0 Å². The van der Waals surface area contributed by atoms with E-state index in [1.165, 1.54) is 19.1 Å². The first kappa shape index (κ1) is 12.7. The molecule has 1 heterocycles. The van der Waals surface area contributed by atoms with Crippen molar-refractivity contribution in [1.82, 2.24) is 0 Å². The van der Waals surface area contributed by atoms with Crippen LogP contribution in [0.5, 0.6) is 0 Å². The van der Waals surface area contributed by atoms with Crippen LogP contribution in [0.3, 0.4) is 0 Å². The van der Waals surface area contributed by atoms with Crippen LogP contribution in [-0.4, -0.2) is 12.0 Å². The summed E-state index contributed by atoms with van der Waals surface area (Å²) in [6.45, 7) is 1.48. The van der Waals surface area contributed by atoms with Crippen molar-refractivity contribution in [2.45, 2.75) is 31.6 Å². The second-order valence-electron chi connectivity index (χ2n) is 4.27. The summed E-state index contributed by atoms with van der Waals surface area (Å²) in [5.74, 6) is 0.0537. The molecule has 0 saturated heterocycles. The highest BCUT2D eigenvalue weighted by atomic mass is 19.4. The second kappa shape index (κ2) is 4.19. The molecule has 1 aliphatic heterocycles. The summed E-state index contributed by atoms with van der Waals surface area (Å²) >= 11 is 0. The SMILES string of the molecule is CC(=O)CCc1ccc(C2(C(F)(F)F)N=N2)cc1. The van der Waals surface area contributed by atoms with Gasteiger partial charge in [0, 0.05) is 12.0 Å². The van der Waals surface area contributed by atoms with Gasteiger partial charge in [0.2, 0.25) is 0 Å². The first-order valence-corrected chi connectivity index (χ1v) is 5.45. The lowest BCUT2D eigenvalue weighted by Gasteiger charge is -2.14. The molecule has 3 nitrogen and oxygen atoms in total. The highest BCUT2D eigenvalue weighted by Crippen LogP contribution is 2.52. The molecule has 0 spiro atoms. The summed E-state index contributed by atoms with van der Waals surface area (Å²) in [5.41, 5.74) is -1.51. The van der Waals surface area contributed by atoms with Gasteiger partial charge in [-0.2, -0.15) is 13.2 Å². The Labute approximate surface area is 102 Å². The van der Waals surface area contributed by atoms with Crippen molar-refractivity contribution in [2.75, 3.05) is 0 Å². The molecule has 0 unspecified atom stereocenters. The number of hydrogen-bond acceptors (Lipinski definition) is 3. The number of benzene rings is 1. The number of ketones is 1. The van der Waals surface area contributed by atoms with Gasteiger partial charge in [0.25, 0.3) is 0 Å². The number of carbonyl (C=O) groups excluding carboxylic acids is 1. The monoisotopic (exact) mass is 256 g/mol. The zero-order valence-electron chi connectivity index (χ0n) is 9.66. The molecule has 18 heavy (non-hydrogen) atoms. The Hall–Kier alpha value is -1.72. The Morgan fingerprint density at radius 3 is 2.17 bits per heavy atom. The van der Waals surface area contributed by atoms with Gasteiger partial charge < -0.3 is 4.79 Å². The molecule has 96 valence electrons. The van der Waals surface area contributed by atoms with Crippen LogP contribution in [0.4, 0.5) is 13.2 Å². The molecule has 0 saturated carbocycles. The average Bonchev–Trinajstić information content (AvgIpc) is 3.07. The fraction of sp³-hybridized carbons (Fsp3) is 0.417. The minimum Gasteiger partial charge on any atom is -0.300 e. The molecule has 0 aliphatic carbocycles. The normalized spacial score (nSPS) is 16.7. The fourth-order valence-electron chi connectivity index (χ4n) is 1.67. The molecule has 1 aromatic carbocycles. The van der Waals surface area contributed by atoms with Crippen molar-refractivity contribution in [1.29, 1.82) is 0 Å². The third-order valence-electron chi connectivity index (χ3n) is 2.82. The summed E-state index contributed by atoms with van der Waals surface area (Å²) in [7, 11) is 0. The van der Waals surface area contributed by atoms with Crippen molar-refractivity contribution < 1.29 is 18.0 Å². The van der Waals surface area contributed by atoms with Gasteiger partial charge in [-0.15, -0.1) is 10.2 Å². The van der Waals surface area contributed by atoms with Crippen LogP contribution in [0.2, 0.25) is 0 Å². The lowest BCUT2D eigenvalue weighted by molar-refractivity contribution is -0.166. The maximum Gasteiger partial charge on any atom is 0.442 e. The molecule has 0 fully saturated rings. The van der Waals surface area contributed by atoms with Crippen LogP contribution in [0.1, 0.15) is 24.5 Å². The van der Waals surface area contributed by atoms with Gasteiger partial charge in [0.1, 0.15) is 5.78 Å². The topological polar surface area (TPSA) is 41.8 Å². The Kier molecular flexibility index (Phi) is 2.96. The van der Waals surface area contributed by atoms with Crippen LogP contribution >= 0.6 is 0 Å². The number of nitrogens with zero attached hydrogens (tertiary/aromatic N) is 2. The summed E-state index contributed by atoms with van der Waals surface area (Å²) in [6, 6.07) is 5.89. The summed E-state index contributed by atoms with van der Waals surface area (Å²) in [6.07, 6.45) is -3.57. The first-order valence-electron chi connectivity index (χ1n) is 5.45. The predicted octanol–water partition coefficient (Wildman–Crippen LogP) is 3.39. The van der Waals surface area contributed by atoms with Crippen LogP contribution in [-0.2, 0) is 16.9 Å². The summed E-state index contributed by atoms with van der Waals surface area (Å²) in [4.78, 5) is 10.8. The Morgan fingerprint density at radius 2 is 1.78 bits per heavy atom. The number of rotatable bonds is 4. The molecule has 6 heteroatoms. The van der Waals surface area contributed by atoms with Crippen molar-refractivity contribution >= 4 is 5.78 Å². The third kappa shape index (κ3) is 2.27. The Bertz CT molecular complexity index is 485. The van der Waals surface area contributed by atoms with Gasteiger partial charge in [0.15, 0.2) is 0 Å². The Morgan fingerprint density at radius 1 is 1.22 bits per heavy atom. The highest BCUT2D eigenvalue weighted by Gasteiger charge is 2.65. The minimum atomic E-state index is -4.49. The van der Waals surface area contributed by atoms with E-state index < -0.39 is 11.8 Å². The molecular formula is C12H11F3N2O. The van der Waals surface area contributed by atoms with E-state index >= 15 is 0 Å². The third-order valence-corrected chi connectivity index (χ3v) is 2.82. The van der Waals surface area contributed by atoms with Crippen LogP contribution < -0.4 is 0 Å². The van der Waals surface area contributed by atoms with Gasteiger partial charge in [-0.3, -0.25) is 0 Å². The molecule has 0 N–H and O–H groups in total. The van der Waals surface area contributed by atoms with Crippen molar-refractivity contribution in [3.8, 4) is 0 Å². The van der Waals surface area contributed by atoms with Crippen molar-refractivity contribution in [3.63, 3.8) is 0 Å². The number of alkyl halides is 3. The molecule has 1 aromatic rings. The number of carbonyl (C=O) groups is 1. The largest absolute Gasteiger partial charge is 0.442 e. The first-order chi connectivity index (χ1) is 8.35. The minimum absolute atomic E-state index is 0.0153. The molecular weight excluding hydrogens is 245 g/mol. The number of halogens is 3. The van der Waals surface area contributed by atoms with E-state index in [4.69, 9.17) is 0 Å². The molecule has 0 bridgehead atoms. The highest BCUT2D eigenvalue weighted by molar-refractivity contribution is 5.75. The molecule has 0 radical (unpaired) electrons. The van der Waals surface area contributed by atoms with E-state index in [2.05, 4.69) is 10.2 Å². The average molecular weight is 256 g/mol. The number of aryl methyl sites for hydroxylation is 1. The Balaban J connectivity index is 2.11. The van der Waals surface area contributed by atoms with E-state index in [0.29, 0.717) is 12.8 Å². The number of Topliss-reactive ketones (excluding diaryl/α,β-unsaturated/α-hetero) is 1. The molecule has 0 atom stereocenters. The zero-order valence-corrected chi connectivity index (χ0v) is 9.66. The van der Waals surface area contributed by atoms with Gasteiger partial charge >= 0.3 is 11.8 Å². The van der Waals surface area contributed by atoms with Crippen LogP contribution in [0.15, 0.2) is 34.5 Å². The maximum absolute atomic E-state index is 12.7. The fourth-order valence-corrected chi connectivity index (χ4v) is 1.67. The van der Waals surface area contributed by atoms with E-state index in [1.807, 2.05) is 0 Å². The zero-order chi connectivity index (χ0) is 13.4. The van der Waals surface area contributed by atoms with Crippen molar-refractivity contribution in [2.24, 2.45) is 10.2 Å². The van der Waals surface area contributed by atoms with E-state index in [-0.39, 0.29) is 11.3 Å². The standard InChI is InChI=1S/C12H11F3N2O/c1-8(18)2-3-9-4-6-10(7-5-9)11(16-17-11)12(13,14)15/h4-7H,2-3H2,1H3. The predicted molar refractivity (Wildman–Crippen MR) is 58.0 cm³/mol. The molecule has 1 aliphatic rings.